The van der Waals surface area contributed by atoms with Crippen LogP contribution in [0.1, 0.15) is 96.8 Å². The minimum atomic E-state index is 0.597. The molecule has 0 atom stereocenters. The molecule has 2 saturated carbocycles. The lowest BCUT2D eigenvalue weighted by molar-refractivity contribution is 0.220. The molecule has 0 radical (unpaired) electrons. The van der Waals surface area contributed by atoms with Crippen molar-refractivity contribution in [3.8, 4) is 12.3 Å². The predicted molar refractivity (Wildman–Crippen MR) is 93.1 cm³/mol. The van der Waals surface area contributed by atoms with Crippen molar-refractivity contribution >= 4 is 0 Å². The Kier molecular flexibility index (Phi) is 7.70. The van der Waals surface area contributed by atoms with Gasteiger partial charge in [0, 0.05) is 5.92 Å². The molecule has 0 aliphatic heterocycles. The van der Waals surface area contributed by atoms with Gasteiger partial charge in [0.05, 0.1) is 0 Å². The zero-order valence-electron chi connectivity index (χ0n) is 14.3. The average Bonchev–Trinajstić information content (AvgIpc) is 2.55. The topological polar surface area (TPSA) is 0 Å². The van der Waals surface area contributed by atoms with Crippen LogP contribution in [0.25, 0.3) is 0 Å². The van der Waals surface area contributed by atoms with Crippen molar-refractivity contribution in [1.29, 1.82) is 0 Å². The number of terminal acetylenes is 1. The molecule has 2 rings (SSSR count). The summed E-state index contributed by atoms with van der Waals surface area (Å²) in [5.74, 6) is 6.67. The van der Waals surface area contributed by atoms with Crippen molar-refractivity contribution in [2.24, 2.45) is 23.7 Å². The predicted octanol–water partition coefficient (Wildman–Crippen LogP) is 6.59. The first-order valence-electron chi connectivity index (χ1n) is 9.78. The summed E-state index contributed by atoms with van der Waals surface area (Å²) in [7, 11) is 0. The standard InChI is InChI=1S/C21H36/c1-3-5-6-7-19-12-14-21(15-13-19)17-16-20-10-8-18(4-2)9-11-20/h2,18-21H,3,5-17H2,1H3. The monoisotopic (exact) mass is 288 g/mol. The van der Waals surface area contributed by atoms with E-state index < -0.39 is 0 Å². The highest BCUT2D eigenvalue weighted by Crippen LogP contribution is 2.37. The average molecular weight is 289 g/mol. The lowest BCUT2D eigenvalue weighted by Gasteiger charge is -2.31. The first kappa shape index (κ1) is 16.9. The van der Waals surface area contributed by atoms with Crippen LogP contribution in [-0.4, -0.2) is 0 Å². The van der Waals surface area contributed by atoms with Gasteiger partial charge in [-0.15, -0.1) is 12.3 Å². The van der Waals surface area contributed by atoms with Gasteiger partial charge in [-0.2, -0.15) is 0 Å². The Balaban J connectivity index is 1.54. The summed E-state index contributed by atoms with van der Waals surface area (Å²) < 4.78 is 0. The van der Waals surface area contributed by atoms with E-state index in [-0.39, 0.29) is 0 Å². The molecule has 0 saturated heterocycles. The van der Waals surface area contributed by atoms with Crippen LogP contribution < -0.4 is 0 Å². The Morgan fingerprint density at radius 3 is 1.67 bits per heavy atom. The third-order valence-corrected chi connectivity index (χ3v) is 6.25. The van der Waals surface area contributed by atoms with Crippen LogP contribution in [0.2, 0.25) is 0 Å². The maximum absolute atomic E-state index is 5.55. The fraction of sp³-hybridized carbons (Fsp3) is 0.905. The van der Waals surface area contributed by atoms with Gasteiger partial charge >= 0.3 is 0 Å². The Morgan fingerprint density at radius 2 is 1.19 bits per heavy atom. The molecule has 0 N–H and O–H groups in total. The first-order valence-corrected chi connectivity index (χ1v) is 9.78. The maximum atomic E-state index is 5.55. The van der Waals surface area contributed by atoms with Crippen molar-refractivity contribution in [2.75, 3.05) is 0 Å². The molecule has 0 nitrogen and oxygen atoms in total. The largest absolute Gasteiger partial charge is 0.120 e. The summed E-state index contributed by atoms with van der Waals surface area (Å²) >= 11 is 0. The molecule has 0 aromatic carbocycles. The van der Waals surface area contributed by atoms with Gasteiger partial charge in [-0.05, 0) is 43.4 Å². The van der Waals surface area contributed by atoms with Gasteiger partial charge in [-0.1, -0.05) is 71.1 Å². The maximum Gasteiger partial charge on any atom is 0.0200 e. The summed E-state index contributed by atoms with van der Waals surface area (Å²) in [5.41, 5.74) is 0. The fourth-order valence-electron chi connectivity index (χ4n) is 4.58. The fourth-order valence-corrected chi connectivity index (χ4v) is 4.58. The number of hydrogen-bond donors (Lipinski definition) is 0. The molecule has 0 bridgehead atoms. The molecule has 0 unspecified atom stereocenters. The summed E-state index contributed by atoms with van der Waals surface area (Å²) in [6.07, 6.45) is 25.8. The van der Waals surface area contributed by atoms with Crippen LogP contribution in [0, 0.1) is 36.0 Å². The third kappa shape index (κ3) is 6.06. The van der Waals surface area contributed by atoms with E-state index in [4.69, 9.17) is 6.42 Å². The van der Waals surface area contributed by atoms with Crippen molar-refractivity contribution in [3.63, 3.8) is 0 Å². The highest BCUT2D eigenvalue weighted by atomic mass is 14.3. The van der Waals surface area contributed by atoms with Gasteiger partial charge < -0.3 is 0 Å². The van der Waals surface area contributed by atoms with E-state index in [1.54, 1.807) is 0 Å². The second kappa shape index (κ2) is 9.55. The van der Waals surface area contributed by atoms with Crippen molar-refractivity contribution in [3.05, 3.63) is 0 Å². The number of unbranched alkanes of at least 4 members (excludes halogenated alkanes) is 2. The summed E-state index contributed by atoms with van der Waals surface area (Å²) in [5, 5.41) is 0. The van der Waals surface area contributed by atoms with E-state index >= 15 is 0 Å². The van der Waals surface area contributed by atoms with Gasteiger partial charge in [0.15, 0.2) is 0 Å². The van der Waals surface area contributed by atoms with Gasteiger partial charge in [-0.25, -0.2) is 0 Å². The smallest absolute Gasteiger partial charge is 0.0200 e. The Labute approximate surface area is 133 Å². The molecule has 2 fully saturated rings. The molecule has 120 valence electrons. The first-order chi connectivity index (χ1) is 10.3. The van der Waals surface area contributed by atoms with E-state index in [2.05, 4.69) is 12.8 Å². The van der Waals surface area contributed by atoms with E-state index in [0.29, 0.717) is 5.92 Å². The second-order valence-electron chi connectivity index (χ2n) is 7.84. The highest BCUT2D eigenvalue weighted by Gasteiger charge is 2.24. The van der Waals surface area contributed by atoms with Crippen LogP contribution in [0.5, 0.6) is 0 Å². The summed E-state index contributed by atoms with van der Waals surface area (Å²) in [6.45, 7) is 2.31. The molecule has 0 heteroatoms. The van der Waals surface area contributed by atoms with Crippen molar-refractivity contribution in [2.45, 2.75) is 96.8 Å². The molecule has 0 aromatic rings. The molecule has 21 heavy (non-hydrogen) atoms. The summed E-state index contributed by atoms with van der Waals surface area (Å²) in [6, 6.07) is 0. The van der Waals surface area contributed by atoms with Gasteiger partial charge in [0.2, 0.25) is 0 Å². The van der Waals surface area contributed by atoms with Crippen LogP contribution in [0.3, 0.4) is 0 Å². The molecular formula is C21H36. The van der Waals surface area contributed by atoms with E-state index in [1.807, 2.05) is 0 Å². The second-order valence-corrected chi connectivity index (χ2v) is 7.84. The van der Waals surface area contributed by atoms with Crippen molar-refractivity contribution in [1.82, 2.24) is 0 Å². The lowest BCUT2D eigenvalue weighted by Crippen LogP contribution is -2.17. The van der Waals surface area contributed by atoms with Crippen LogP contribution in [0.15, 0.2) is 0 Å². The van der Waals surface area contributed by atoms with Crippen LogP contribution >= 0.6 is 0 Å². The molecule has 0 aromatic heterocycles. The van der Waals surface area contributed by atoms with E-state index in [1.165, 1.54) is 89.9 Å². The normalized spacial score (nSPS) is 33.5. The molecule has 0 spiro atoms. The van der Waals surface area contributed by atoms with Gasteiger partial charge in [0.1, 0.15) is 0 Å². The summed E-state index contributed by atoms with van der Waals surface area (Å²) in [4.78, 5) is 0. The number of rotatable bonds is 7. The minimum absolute atomic E-state index is 0.597. The molecule has 0 heterocycles. The molecular weight excluding hydrogens is 252 g/mol. The molecule has 0 amide bonds. The third-order valence-electron chi connectivity index (χ3n) is 6.25. The molecule has 2 aliphatic carbocycles. The van der Waals surface area contributed by atoms with Crippen LogP contribution in [0.4, 0.5) is 0 Å². The van der Waals surface area contributed by atoms with Gasteiger partial charge in [-0.3, -0.25) is 0 Å². The SMILES string of the molecule is C#CC1CCC(CCC2CCC(CCCCC)CC2)CC1. The molecule has 2 aliphatic rings. The minimum Gasteiger partial charge on any atom is -0.120 e. The van der Waals surface area contributed by atoms with E-state index in [9.17, 15) is 0 Å². The Morgan fingerprint density at radius 1 is 0.714 bits per heavy atom. The van der Waals surface area contributed by atoms with Crippen LogP contribution in [-0.2, 0) is 0 Å². The van der Waals surface area contributed by atoms with Gasteiger partial charge in [0.25, 0.3) is 0 Å². The Bertz CT molecular complexity index is 294. The highest BCUT2D eigenvalue weighted by molar-refractivity contribution is 4.95. The van der Waals surface area contributed by atoms with E-state index in [0.717, 1.165) is 17.8 Å². The zero-order valence-corrected chi connectivity index (χ0v) is 14.3. The Hall–Kier alpha value is -0.440. The number of hydrogen-bond acceptors (Lipinski definition) is 0. The van der Waals surface area contributed by atoms with Crippen molar-refractivity contribution < 1.29 is 0 Å². The zero-order chi connectivity index (χ0) is 14.9. The quantitative estimate of drug-likeness (QED) is 0.366. The lowest BCUT2D eigenvalue weighted by atomic mass is 9.75.